The molecule has 0 fully saturated rings. The Morgan fingerprint density at radius 2 is 1.91 bits per heavy atom. The van der Waals surface area contributed by atoms with Gasteiger partial charge in [-0.15, -0.1) is 0 Å². The lowest BCUT2D eigenvalue weighted by molar-refractivity contribution is -0.116. The highest BCUT2D eigenvalue weighted by Crippen LogP contribution is 2.47. The molecule has 1 aromatic heterocycles. The van der Waals surface area contributed by atoms with Crippen molar-refractivity contribution in [2.45, 2.75) is 38.1 Å². The first-order valence-electron chi connectivity index (χ1n) is 12.0. The van der Waals surface area contributed by atoms with Crippen LogP contribution < -0.4 is 20.3 Å². The number of hydrogen-bond acceptors (Lipinski definition) is 5. The molecular formula is C28H29N3O4. The van der Waals surface area contributed by atoms with Crippen LogP contribution >= 0.6 is 0 Å². The van der Waals surface area contributed by atoms with Crippen LogP contribution in [0, 0.1) is 0 Å². The Morgan fingerprint density at radius 1 is 1.11 bits per heavy atom. The van der Waals surface area contributed by atoms with Gasteiger partial charge in [-0.25, -0.2) is 4.79 Å². The molecule has 0 saturated heterocycles. The molecular weight excluding hydrogens is 442 g/mol. The zero-order chi connectivity index (χ0) is 24.4. The minimum Gasteiger partial charge on any atom is -0.497 e. The van der Waals surface area contributed by atoms with Gasteiger partial charge in [0.25, 0.3) is 0 Å². The van der Waals surface area contributed by atoms with E-state index >= 15 is 0 Å². The topological polar surface area (TPSA) is 83.8 Å². The van der Waals surface area contributed by atoms with Gasteiger partial charge in [0.2, 0.25) is 0 Å². The normalized spacial score (nSPS) is 19.4. The van der Waals surface area contributed by atoms with E-state index in [2.05, 4.69) is 10.6 Å². The van der Waals surface area contributed by atoms with Gasteiger partial charge < -0.3 is 19.8 Å². The molecule has 0 bridgehead atoms. The highest BCUT2D eigenvalue weighted by atomic mass is 16.5. The van der Waals surface area contributed by atoms with Crippen LogP contribution in [0.1, 0.15) is 49.5 Å². The highest BCUT2D eigenvalue weighted by molar-refractivity contribution is 6.06. The van der Waals surface area contributed by atoms with Gasteiger partial charge in [0, 0.05) is 30.2 Å². The van der Waals surface area contributed by atoms with Crippen molar-refractivity contribution < 1.29 is 18.7 Å². The summed E-state index contributed by atoms with van der Waals surface area (Å²) in [6.45, 7) is 2.56. The first kappa shape index (κ1) is 22.8. The van der Waals surface area contributed by atoms with Gasteiger partial charge in [-0.2, -0.15) is 0 Å². The van der Waals surface area contributed by atoms with Gasteiger partial charge in [-0.05, 0) is 54.8 Å². The van der Waals surface area contributed by atoms with E-state index in [1.807, 2.05) is 67.6 Å². The molecule has 2 amide bonds. The first-order valence-corrected chi connectivity index (χ1v) is 12.0. The SMILES string of the molecule is CCCNC(=O)N1c2ccccc2NC2=C(C(=O)C[C@@H](c3ccco3)C2)[C@H]1c1ccc(OC)cc1. The molecule has 0 saturated carbocycles. The van der Waals surface area contributed by atoms with Crippen LogP contribution in [-0.2, 0) is 4.79 Å². The lowest BCUT2D eigenvalue weighted by Gasteiger charge is -2.34. The Hall–Kier alpha value is -4.00. The molecule has 2 aromatic carbocycles. The molecule has 7 heteroatoms. The Bertz CT molecular complexity index is 1250. The Labute approximate surface area is 204 Å². The van der Waals surface area contributed by atoms with Gasteiger partial charge in [-0.3, -0.25) is 9.69 Å². The molecule has 2 heterocycles. The van der Waals surface area contributed by atoms with E-state index in [0.717, 1.165) is 34.8 Å². The van der Waals surface area contributed by atoms with Crippen LogP contribution in [0.4, 0.5) is 16.2 Å². The summed E-state index contributed by atoms with van der Waals surface area (Å²) in [4.78, 5) is 29.1. The van der Waals surface area contributed by atoms with E-state index in [1.165, 1.54) is 0 Å². The molecule has 35 heavy (non-hydrogen) atoms. The summed E-state index contributed by atoms with van der Waals surface area (Å²) >= 11 is 0. The third-order valence-corrected chi connectivity index (χ3v) is 6.61. The minimum absolute atomic E-state index is 0.00191. The summed E-state index contributed by atoms with van der Waals surface area (Å²) in [6, 6.07) is 18.2. The van der Waals surface area contributed by atoms with E-state index in [0.29, 0.717) is 30.7 Å². The number of nitrogens with zero attached hydrogens (tertiary/aromatic N) is 1. The number of fused-ring (bicyclic) bond motifs is 1. The Balaban J connectivity index is 1.69. The molecule has 2 atom stereocenters. The molecule has 7 nitrogen and oxygen atoms in total. The number of rotatable bonds is 5. The number of ketones is 1. The zero-order valence-corrected chi connectivity index (χ0v) is 19.9. The second-order valence-electron chi connectivity index (χ2n) is 8.86. The van der Waals surface area contributed by atoms with E-state index in [4.69, 9.17) is 9.15 Å². The average molecular weight is 472 g/mol. The molecule has 2 aliphatic rings. The molecule has 2 N–H and O–H groups in total. The summed E-state index contributed by atoms with van der Waals surface area (Å²) in [6.07, 6.45) is 3.38. The average Bonchev–Trinajstić information content (AvgIpc) is 3.37. The minimum atomic E-state index is -0.589. The van der Waals surface area contributed by atoms with Crippen molar-refractivity contribution >= 4 is 23.2 Å². The van der Waals surface area contributed by atoms with Crippen molar-refractivity contribution in [1.29, 1.82) is 0 Å². The lowest BCUT2D eigenvalue weighted by Crippen LogP contribution is -2.44. The van der Waals surface area contributed by atoms with Crippen molar-refractivity contribution in [2.24, 2.45) is 0 Å². The van der Waals surface area contributed by atoms with Crippen molar-refractivity contribution in [1.82, 2.24) is 5.32 Å². The lowest BCUT2D eigenvalue weighted by atomic mass is 9.80. The number of anilines is 2. The van der Waals surface area contributed by atoms with Crippen LogP contribution in [0.5, 0.6) is 5.75 Å². The molecule has 180 valence electrons. The Kier molecular flexibility index (Phi) is 6.31. The maximum atomic E-state index is 13.8. The number of para-hydroxylation sites is 2. The largest absolute Gasteiger partial charge is 0.497 e. The highest BCUT2D eigenvalue weighted by Gasteiger charge is 2.42. The molecule has 3 aromatic rings. The van der Waals surface area contributed by atoms with Crippen LogP contribution in [0.3, 0.4) is 0 Å². The molecule has 5 rings (SSSR count). The van der Waals surface area contributed by atoms with Crippen LogP contribution in [-0.4, -0.2) is 25.5 Å². The van der Waals surface area contributed by atoms with Gasteiger partial charge >= 0.3 is 6.03 Å². The molecule has 1 aliphatic heterocycles. The maximum Gasteiger partial charge on any atom is 0.322 e. The second-order valence-corrected chi connectivity index (χ2v) is 8.86. The smallest absolute Gasteiger partial charge is 0.322 e. The van der Waals surface area contributed by atoms with E-state index in [1.54, 1.807) is 18.3 Å². The number of furan rings is 1. The number of nitrogens with one attached hydrogen (secondary N) is 2. The first-order chi connectivity index (χ1) is 17.1. The summed E-state index contributed by atoms with van der Waals surface area (Å²) in [5, 5.41) is 6.54. The number of carbonyl (C=O) groups is 2. The molecule has 0 spiro atoms. The number of benzene rings is 2. The van der Waals surface area contributed by atoms with Crippen molar-refractivity contribution in [2.75, 3.05) is 23.9 Å². The fourth-order valence-corrected chi connectivity index (χ4v) is 4.96. The third kappa shape index (κ3) is 4.30. The number of carbonyl (C=O) groups excluding carboxylic acids is 2. The third-order valence-electron chi connectivity index (χ3n) is 6.61. The number of ether oxygens (including phenoxy) is 1. The second kappa shape index (κ2) is 9.70. The van der Waals surface area contributed by atoms with E-state index < -0.39 is 6.04 Å². The van der Waals surface area contributed by atoms with Crippen molar-refractivity contribution in [3.8, 4) is 5.75 Å². The van der Waals surface area contributed by atoms with Crippen LogP contribution in [0.25, 0.3) is 0 Å². The number of methoxy groups -OCH3 is 1. The number of urea groups is 1. The zero-order valence-electron chi connectivity index (χ0n) is 19.9. The fourth-order valence-electron chi connectivity index (χ4n) is 4.96. The molecule has 1 aliphatic carbocycles. The summed E-state index contributed by atoms with van der Waals surface area (Å²) in [5.41, 5.74) is 3.78. The van der Waals surface area contributed by atoms with Gasteiger partial charge in [0.1, 0.15) is 11.5 Å². The fraction of sp³-hybridized carbons (Fsp3) is 0.286. The molecule has 0 unspecified atom stereocenters. The summed E-state index contributed by atoms with van der Waals surface area (Å²) < 4.78 is 11.0. The van der Waals surface area contributed by atoms with Crippen molar-refractivity contribution in [3.63, 3.8) is 0 Å². The monoisotopic (exact) mass is 471 g/mol. The Morgan fingerprint density at radius 3 is 2.63 bits per heavy atom. The summed E-state index contributed by atoms with van der Waals surface area (Å²) in [5.74, 6) is 1.45. The number of Topliss-reactive ketones (excluding diaryl/α,β-unsaturated/α-hetero) is 1. The quantitative estimate of drug-likeness (QED) is 0.493. The standard InChI is InChI=1S/C28H29N3O4/c1-3-14-29-28(33)31-23-8-5-4-7-21(23)30-22-16-19(25-9-6-15-35-25)17-24(32)26(22)27(31)18-10-12-20(34-2)13-11-18/h4-13,15,19,27,30H,3,14,16-17H2,1-2H3,(H,29,33)/t19-,27+/m0/s1. The van der Waals surface area contributed by atoms with Gasteiger partial charge in [0.15, 0.2) is 5.78 Å². The van der Waals surface area contributed by atoms with Gasteiger partial charge in [-0.1, -0.05) is 31.2 Å². The number of amides is 2. The molecule has 0 radical (unpaired) electrons. The predicted molar refractivity (Wildman–Crippen MR) is 135 cm³/mol. The summed E-state index contributed by atoms with van der Waals surface area (Å²) in [7, 11) is 1.62. The number of hydrogen-bond donors (Lipinski definition) is 2. The maximum absolute atomic E-state index is 13.8. The van der Waals surface area contributed by atoms with Crippen LogP contribution in [0.15, 0.2) is 82.6 Å². The van der Waals surface area contributed by atoms with Gasteiger partial charge in [0.05, 0.1) is 30.8 Å². The van der Waals surface area contributed by atoms with E-state index in [9.17, 15) is 9.59 Å². The van der Waals surface area contributed by atoms with Crippen molar-refractivity contribution in [3.05, 3.63) is 89.5 Å². The number of allylic oxidation sites excluding steroid dienone is 1. The van der Waals surface area contributed by atoms with Crippen LogP contribution in [0.2, 0.25) is 0 Å². The predicted octanol–water partition coefficient (Wildman–Crippen LogP) is 5.78. The van der Waals surface area contributed by atoms with E-state index in [-0.39, 0.29) is 17.7 Å².